The Morgan fingerprint density at radius 1 is 0.279 bits per heavy atom. The van der Waals surface area contributed by atoms with Crippen LogP contribution in [-0.4, -0.2) is 0 Å². The molecule has 0 amide bonds. The largest absolute Gasteiger partial charge is 0.456 e. The molecule has 3 nitrogen and oxygen atoms in total. The van der Waals surface area contributed by atoms with Gasteiger partial charge < -0.3 is 13.7 Å². The molecule has 0 saturated carbocycles. The van der Waals surface area contributed by atoms with Gasteiger partial charge in [-0.05, 0) is 105 Å². The van der Waals surface area contributed by atoms with Crippen molar-refractivity contribution in [3.05, 3.63) is 224 Å². The maximum Gasteiger partial charge on any atom is 0.143 e. The molecule has 2 aromatic heterocycles. The first kappa shape index (κ1) is 34.9. The van der Waals surface area contributed by atoms with Crippen molar-refractivity contribution in [2.75, 3.05) is 4.90 Å². The Bertz CT molecular complexity index is 3590. The third-order valence-electron chi connectivity index (χ3n) is 12.1. The number of anilines is 3. The van der Waals surface area contributed by atoms with E-state index in [0.717, 1.165) is 88.8 Å². The van der Waals surface area contributed by atoms with E-state index in [1.165, 1.54) is 27.5 Å². The van der Waals surface area contributed by atoms with Gasteiger partial charge in [-0.1, -0.05) is 164 Å². The molecule has 2 heterocycles. The second-order valence-corrected chi connectivity index (χ2v) is 15.6. The van der Waals surface area contributed by atoms with Crippen LogP contribution < -0.4 is 4.90 Å². The molecule has 0 aliphatic heterocycles. The van der Waals surface area contributed by atoms with Crippen molar-refractivity contribution >= 4 is 71.7 Å². The van der Waals surface area contributed by atoms with Gasteiger partial charge in [0.2, 0.25) is 0 Å². The monoisotopic (exact) mass is 779 g/mol. The number of fused-ring (bicyclic) bond motifs is 7. The van der Waals surface area contributed by atoms with Gasteiger partial charge in [0.05, 0.1) is 5.69 Å². The van der Waals surface area contributed by atoms with E-state index < -0.39 is 0 Å². The average molecular weight is 780 g/mol. The van der Waals surface area contributed by atoms with Crippen LogP contribution in [0.5, 0.6) is 0 Å². The Morgan fingerprint density at radius 3 is 1.52 bits per heavy atom. The normalized spacial score (nSPS) is 11.6. The van der Waals surface area contributed by atoms with Crippen molar-refractivity contribution in [1.29, 1.82) is 0 Å². The minimum atomic E-state index is 0.883. The van der Waals surface area contributed by atoms with Crippen molar-refractivity contribution in [1.82, 2.24) is 0 Å². The maximum atomic E-state index is 6.46. The van der Waals surface area contributed by atoms with Crippen molar-refractivity contribution < 1.29 is 8.83 Å². The number of benzene rings is 10. The van der Waals surface area contributed by atoms with Gasteiger partial charge in [-0.2, -0.15) is 0 Å². The maximum absolute atomic E-state index is 6.46. The molecule has 12 aromatic rings. The highest BCUT2D eigenvalue weighted by Crippen LogP contribution is 2.44. The van der Waals surface area contributed by atoms with E-state index in [0.29, 0.717) is 0 Å². The van der Waals surface area contributed by atoms with E-state index in [9.17, 15) is 0 Å². The quantitative estimate of drug-likeness (QED) is 0.161. The predicted octanol–water partition coefficient (Wildman–Crippen LogP) is 16.8. The summed E-state index contributed by atoms with van der Waals surface area (Å²) in [4.78, 5) is 2.37. The molecule has 61 heavy (non-hydrogen) atoms. The third kappa shape index (κ3) is 5.98. The highest BCUT2D eigenvalue weighted by Gasteiger charge is 2.20. The van der Waals surface area contributed by atoms with Crippen molar-refractivity contribution in [3.8, 4) is 44.5 Å². The molecule has 0 aliphatic carbocycles. The molecule has 0 N–H and O–H groups in total. The van der Waals surface area contributed by atoms with Crippen LogP contribution >= 0.6 is 0 Å². The van der Waals surface area contributed by atoms with E-state index in [2.05, 4.69) is 205 Å². The molecule has 0 fully saturated rings. The molecular formula is C58H37NO2. The van der Waals surface area contributed by atoms with E-state index >= 15 is 0 Å². The number of para-hydroxylation sites is 4. The summed E-state index contributed by atoms with van der Waals surface area (Å²) in [6.07, 6.45) is 0. The molecule has 0 atom stereocenters. The summed E-state index contributed by atoms with van der Waals surface area (Å²) in [6.45, 7) is 0. The number of furan rings is 2. The number of hydrogen-bond donors (Lipinski definition) is 0. The average Bonchev–Trinajstić information content (AvgIpc) is 3.91. The minimum absolute atomic E-state index is 0.883. The van der Waals surface area contributed by atoms with Gasteiger partial charge in [0, 0.05) is 44.0 Å². The summed E-state index contributed by atoms with van der Waals surface area (Å²) in [7, 11) is 0. The minimum Gasteiger partial charge on any atom is -0.456 e. The fraction of sp³-hybridized carbons (Fsp3) is 0. The van der Waals surface area contributed by atoms with Gasteiger partial charge in [-0.25, -0.2) is 0 Å². The number of nitrogens with zero attached hydrogens (tertiary/aromatic N) is 1. The lowest BCUT2D eigenvalue weighted by Crippen LogP contribution is -2.11. The van der Waals surface area contributed by atoms with Gasteiger partial charge in [0.15, 0.2) is 0 Å². The second-order valence-electron chi connectivity index (χ2n) is 15.6. The van der Waals surface area contributed by atoms with Crippen LogP contribution in [-0.2, 0) is 0 Å². The molecule has 0 spiro atoms. The SMILES string of the molecule is c1ccc(-c2ccc3ccccc3c2)c(-c2ccc(N(c3ccc(-c4cccc5c4oc4ccccc45)cc3)c3ccccc3-c3ccc4oc5ccccc5c4c3)cc2)c1. The van der Waals surface area contributed by atoms with E-state index in [1.807, 2.05) is 24.3 Å². The van der Waals surface area contributed by atoms with E-state index in [-0.39, 0.29) is 0 Å². The standard InChI is InChI=1S/C58H37NO2/c1-2-13-41-36-42(25-24-38(41)12-1)47-15-4-3-14-46(47)39-26-31-44(32-27-39)59(45-33-28-40(29-34-45)49-19-11-20-52-50-17-6-10-23-56(50)61-58(49)52)54-21-8-5-16-48(54)43-30-35-57-53(37-43)51-18-7-9-22-55(51)60-57/h1-37H. The smallest absolute Gasteiger partial charge is 0.143 e. The molecule has 0 bridgehead atoms. The zero-order valence-corrected chi connectivity index (χ0v) is 33.1. The summed E-state index contributed by atoms with van der Waals surface area (Å²) in [6, 6.07) is 80.1. The van der Waals surface area contributed by atoms with Crippen molar-refractivity contribution in [2.45, 2.75) is 0 Å². The van der Waals surface area contributed by atoms with Crippen LogP contribution in [0.3, 0.4) is 0 Å². The highest BCUT2D eigenvalue weighted by molar-refractivity contribution is 6.10. The first-order chi connectivity index (χ1) is 30.2. The van der Waals surface area contributed by atoms with Crippen molar-refractivity contribution in [2.24, 2.45) is 0 Å². The summed E-state index contributed by atoms with van der Waals surface area (Å²) in [5.74, 6) is 0. The number of hydrogen-bond acceptors (Lipinski definition) is 3. The van der Waals surface area contributed by atoms with Crippen LogP contribution in [0.2, 0.25) is 0 Å². The molecule has 10 aromatic carbocycles. The van der Waals surface area contributed by atoms with Gasteiger partial charge >= 0.3 is 0 Å². The third-order valence-corrected chi connectivity index (χ3v) is 12.1. The summed E-state index contributed by atoms with van der Waals surface area (Å²) in [5, 5.41) is 6.95. The van der Waals surface area contributed by atoms with Crippen LogP contribution in [0.25, 0.3) is 99.2 Å². The molecule has 0 aliphatic rings. The fourth-order valence-electron chi connectivity index (χ4n) is 9.13. The lowest BCUT2D eigenvalue weighted by atomic mass is 9.93. The van der Waals surface area contributed by atoms with Gasteiger partial charge in [-0.15, -0.1) is 0 Å². The summed E-state index contributed by atoms with van der Waals surface area (Å²) >= 11 is 0. The topological polar surface area (TPSA) is 29.5 Å². The van der Waals surface area contributed by atoms with Gasteiger partial charge in [0.25, 0.3) is 0 Å². The van der Waals surface area contributed by atoms with Crippen LogP contribution in [0.15, 0.2) is 233 Å². The molecule has 3 heteroatoms. The zero-order valence-electron chi connectivity index (χ0n) is 33.1. The molecule has 0 saturated heterocycles. The second kappa shape index (κ2) is 14.3. The number of rotatable bonds is 7. The molecule has 0 unspecified atom stereocenters. The lowest BCUT2D eigenvalue weighted by Gasteiger charge is -2.28. The Morgan fingerprint density at radius 2 is 0.770 bits per heavy atom. The van der Waals surface area contributed by atoms with Gasteiger partial charge in [-0.3, -0.25) is 0 Å². The first-order valence-electron chi connectivity index (χ1n) is 20.7. The van der Waals surface area contributed by atoms with E-state index in [1.54, 1.807) is 0 Å². The molecular weight excluding hydrogens is 743 g/mol. The highest BCUT2D eigenvalue weighted by atomic mass is 16.3. The van der Waals surface area contributed by atoms with Crippen LogP contribution in [0.4, 0.5) is 17.1 Å². The predicted molar refractivity (Wildman–Crippen MR) is 255 cm³/mol. The van der Waals surface area contributed by atoms with Crippen molar-refractivity contribution in [3.63, 3.8) is 0 Å². The summed E-state index contributed by atoms with van der Waals surface area (Å²) < 4.78 is 12.7. The zero-order chi connectivity index (χ0) is 40.3. The Kier molecular flexibility index (Phi) is 8.17. The summed E-state index contributed by atoms with van der Waals surface area (Å²) in [5.41, 5.74) is 15.9. The lowest BCUT2D eigenvalue weighted by molar-refractivity contribution is 0.669. The van der Waals surface area contributed by atoms with Gasteiger partial charge in [0.1, 0.15) is 22.3 Å². The van der Waals surface area contributed by atoms with Crippen LogP contribution in [0, 0.1) is 0 Å². The fourth-order valence-corrected chi connectivity index (χ4v) is 9.13. The van der Waals surface area contributed by atoms with E-state index in [4.69, 9.17) is 8.83 Å². The molecule has 0 radical (unpaired) electrons. The Hall–Kier alpha value is -8.14. The molecule has 286 valence electrons. The first-order valence-corrected chi connectivity index (χ1v) is 20.7. The Labute approximate surface area is 353 Å². The Balaban J connectivity index is 0.987. The molecule has 12 rings (SSSR count). The van der Waals surface area contributed by atoms with Crippen LogP contribution in [0.1, 0.15) is 0 Å².